The van der Waals surface area contributed by atoms with Gasteiger partial charge in [0.05, 0.1) is 19.3 Å². The third-order valence-corrected chi connectivity index (χ3v) is 5.16. The molecule has 0 aromatic rings. The normalized spacial score (nSPS) is 26.3. The van der Waals surface area contributed by atoms with Crippen LogP contribution in [0.4, 0.5) is 0 Å². The third-order valence-electron chi connectivity index (χ3n) is 5.16. The van der Waals surface area contributed by atoms with E-state index in [0.717, 1.165) is 25.5 Å². The van der Waals surface area contributed by atoms with E-state index in [-0.39, 0.29) is 24.0 Å². The summed E-state index contributed by atoms with van der Waals surface area (Å²) in [7, 11) is 1.71. The molecule has 136 valence electrons. The van der Waals surface area contributed by atoms with Crippen LogP contribution in [0.5, 0.6) is 0 Å². The van der Waals surface area contributed by atoms with Crippen molar-refractivity contribution in [2.75, 3.05) is 33.4 Å². The molecule has 2 saturated carbocycles. The fourth-order valence-electron chi connectivity index (χ4n) is 4.00. The van der Waals surface area contributed by atoms with Crippen molar-refractivity contribution in [1.29, 1.82) is 0 Å². The topological polar surface area (TPSA) is 54.9 Å². The van der Waals surface area contributed by atoms with E-state index in [1.807, 2.05) is 0 Å². The lowest BCUT2D eigenvalue weighted by Gasteiger charge is -2.58. The number of aliphatic imine (C=N–C) groups is 1. The predicted octanol–water partition coefficient (Wildman–Crippen LogP) is 2.93. The van der Waals surface area contributed by atoms with Crippen molar-refractivity contribution in [3.05, 3.63) is 0 Å². The lowest BCUT2D eigenvalue weighted by atomic mass is 9.55. The summed E-state index contributed by atoms with van der Waals surface area (Å²) in [5.74, 6) is 0.921. The van der Waals surface area contributed by atoms with Gasteiger partial charge in [-0.2, -0.15) is 0 Å². The molecule has 1 spiro atoms. The summed E-state index contributed by atoms with van der Waals surface area (Å²) < 4.78 is 11.1. The van der Waals surface area contributed by atoms with Gasteiger partial charge in [-0.3, -0.25) is 4.99 Å². The minimum Gasteiger partial charge on any atom is -0.383 e. The van der Waals surface area contributed by atoms with Gasteiger partial charge in [0, 0.05) is 31.7 Å². The number of ether oxygens (including phenoxy) is 2. The number of nitrogens with zero attached hydrogens (tertiary/aromatic N) is 1. The number of nitrogens with one attached hydrogen (secondary N) is 2. The number of methoxy groups -OCH3 is 1. The molecule has 0 aliphatic heterocycles. The maximum absolute atomic E-state index is 6.02. The molecule has 0 saturated heterocycles. The highest BCUT2D eigenvalue weighted by Crippen LogP contribution is 2.53. The Bertz CT molecular complexity index is 360. The minimum atomic E-state index is 0. The Morgan fingerprint density at radius 1 is 1.22 bits per heavy atom. The summed E-state index contributed by atoms with van der Waals surface area (Å²) in [6, 6.07) is 0.490. The molecular weight excluding hydrogens is 405 g/mol. The van der Waals surface area contributed by atoms with E-state index in [1.165, 1.54) is 32.1 Å². The average molecular weight is 439 g/mol. The van der Waals surface area contributed by atoms with Gasteiger partial charge in [-0.15, -0.1) is 24.0 Å². The summed E-state index contributed by atoms with van der Waals surface area (Å²) in [4.78, 5) is 4.60. The van der Waals surface area contributed by atoms with Crippen molar-refractivity contribution in [3.63, 3.8) is 0 Å². The molecular formula is C17H34IN3O2. The van der Waals surface area contributed by atoms with Crippen molar-refractivity contribution in [1.82, 2.24) is 10.6 Å². The van der Waals surface area contributed by atoms with Crippen LogP contribution in [0.25, 0.3) is 0 Å². The van der Waals surface area contributed by atoms with Crippen LogP contribution in [-0.4, -0.2) is 51.5 Å². The zero-order valence-corrected chi connectivity index (χ0v) is 17.2. The molecule has 2 aliphatic carbocycles. The quantitative estimate of drug-likeness (QED) is 0.277. The van der Waals surface area contributed by atoms with Crippen LogP contribution in [0.3, 0.4) is 0 Å². The predicted molar refractivity (Wildman–Crippen MR) is 106 cm³/mol. The van der Waals surface area contributed by atoms with Gasteiger partial charge in [-0.05, 0) is 33.1 Å². The Balaban J connectivity index is 0.00000264. The van der Waals surface area contributed by atoms with E-state index in [2.05, 4.69) is 29.5 Å². The molecule has 2 atom stereocenters. The van der Waals surface area contributed by atoms with Crippen molar-refractivity contribution < 1.29 is 9.47 Å². The van der Waals surface area contributed by atoms with Crippen LogP contribution in [0.15, 0.2) is 4.99 Å². The van der Waals surface area contributed by atoms with Crippen molar-refractivity contribution in [2.24, 2.45) is 10.4 Å². The van der Waals surface area contributed by atoms with Crippen LogP contribution in [0.2, 0.25) is 0 Å². The van der Waals surface area contributed by atoms with Gasteiger partial charge in [-0.25, -0.2) is 0 Å². The van der Waals surface area contributed by atoms with E-state index in [0.29, 0.717) is 30.7 Å². The molecule has 0 radical (unpaired) electrons. The smallest absolute Gasteiger partial charge is 0.191 e. The van der Waals surface area contributed by atoms with Crippen LogP contribution in [0.1, 0.15) is 52.4 Å². The Morgan fingerprint density at radius 3 is 2.57 bits per heavy atom. The molecule has 5 nitrogen and oxygen atoms in total. The fraction of sp³-hybridized carbons (Fsp3) is 0.941. The van der Waals surface area contributed by atoms with Gasteiger partial charge in [0.1, 0.15) is 0 Å². The van der Waals surface area contributed by atoms with Gasteiger partial charge < -0.3 is 20.1 Å². The second-order valence-electron chi connectivity index (χ2n) is 6.42. The third kappa shape index (κ3) is 5.19. The molecule has 0 heterocycles. The average Bonchev–Trinajstić information content (AvgIpc) is 2.55. The molecule has 6 heteroatoms. The molecule has 0 amide bonds. The molecule has 2 aliphatic rings. The van der Waals surface area contributed by atoms with E-state index in [4.69, 9.17) is 9.47 Å². The first-order valence-electron chi connectivity index (χ1n) is 8.92. The minimum absolute atomic E-state index is 0. The molecule has 2 rings (SSSR count). The van der Waals surface area contributed by atoms with Crippen molar-refractivity contribution in [2.45, 2.75) is 64.5 Å². The summed E-state index contributed by atoms with van der Waals surface area (Å²) >= 11 is 0. The first kappa shape index (κ1) is 21.0. The highest BCUT2D eigenvalue weighted by Gasteiger charge is 2.55. The highest BCUT2D eigenvalue weighted by molar-refractivity contribution is 14.0. The van der Waals surface area contributed by atoms with E-state index in [9.17, 15) is 0 Å². The van der Waals surface area contributed by atoms with Gasteiger partial charge in [0.2, 0.25) is 0 Å². The first-order valence-corrected chi connectivity index (χ1v) is 8.92. The summed E-state index contributed by atoms with van der Waals surface area (Å²) in [6.45, 7) is 7.27. The van der Waals surface area contributed by atoms with Gasteiger partial charge in [0.15, 0.2) is 5.96 Å². The lowest BCUT2D eigenvalue weighted by molar-refractivity contribution is -0.145. The monoisotopic (exact) mass is 439 g/mol. The zero-order chi connectivity index (χ0) is 15.8. The standard InChI is InChI=1S/C17H33N3O2.HI/c1-4-18-16(19-11-12-21-3)20-14-13-15(22-5-2)17(14)9-7-6-8-10-17;/h14-15H,4-13H2,1-3H3,(H2,18,19,20);1H. The molecule has 0 aromatic heterocycles. The Labute approximate surface area is 158 Å². The number of hydrogen-bond acceptors (Lipinski definition) is 3. The summed E-state index contributed by atoms with van der Waals surface area (Å²) in [6.07, 6.45) is 8.13. The molecule has 2 unspecified atom stereocenters. The van der Waals surface area contributed by atoms with Crippen LogP contribution in [-0.2, 0) is 9.47 Å². The van der Waals surface area contributed by atoms with Crippen molar-refractivity contribution >= 4 is 29.9 Å². The SMILES string of the molecule is CCNC(=NCCOC)NC1CC(OCC)C12CCCCC2.I. The van der Waals surface area contributed by atoms with E-state index in [1.54, 1.807) is 7.11 Å². The molecule has 2 fully saturated rings. The number of rotatable bonds is 7. The molecule has 0 aromatic carbocycles. The van der Waals surface area contributed by atoms with Crippen LogP contribution in [0, 0.1) is 5.41 Å². The van der Waals surface area contributed by atoms with Crippen molar-refractivity contribution in [3.8, 4) is 0 Å². The highest BCUT2D eigenvalue weighted by atomic mass is 127. The van der Waals surface area contributed by atoms with E-state index >= 15 is 0 Å². The fourth-order valence-corrected chi connectivity index (χ4v) is 4.00. The van der Waals surface area contributed by atoms with Gasteiger partial charge in [-0.1, -0.05) is 19.3 Å². The molecule has 23 heavy (non-hydrogen) atoms. The summed E-state index contributed by atoms with van der Waals surface area (Å²) in [5, 5.41) is 7.02. The Morgan fingerprint density at radius 2 is 1.96 bits per heavy atom. The van der Waals surface area contributed by atoms with Gasteiger partial charge in [0.25, 0.3) is 0 Å². The first-order chi connectivity index (χ1) is 10.8. The second kappa shape index (κ2) is 10.7. The van der Waals surface area contributed by atoms with E-state index < -0.39 is 0 Å². The Hall–Kier alpha value is -0.0800. The van der Waals surface area contributed by atoms with Crippen LogP contribution >= 0.6 is 24.0 Å². The summed E-state index contributed by atoms with van der Waals surface area (Å²) in [5.41, 5.74) is 0.325. The Kier molecular flexibility index (Phi) is 9.77. The van der Waals surface area contributed by atoms with Gasteiger partial charge >= 0.3 is 0 Å². The second-order valence-corrected chi connectivity index (χ2v) is 6.42. The number of halogens is 1. The molecule has 0 bridgehead atoms. The number of hydrogen-bond donors (Lipinski definition) is 2. The number of guanidine groups is 1. The largest absolute Gasteiger partial charge is 0.383 e. The zero-order valence-electron chi connectivity index (χ0n) is 14.9. The maximum atomic E-state index is 6.02. The lowest BCUT2D eigenvalue weighted by Crippen LogP contribution is -2.66. The van der Waals surface area contributed by atoms with Crippen LogP contribution < -0.4 is 10.6 Å². The maximum Gasteiger partial charge on any atom is 0.191 e. The molecule has 2 N–H and O–H groups in total.